The molecule has 0 aliphatic carbocycles. The Morgan fingerprint density at radius 3 is 2.50 bits per heavy atom. The Morgan fingerprint density at radius 2 is 2.06 bits per heavy atom. The highest BCUT2D eigenvalue weighted by Crippen LogP contribution is 2.15. The quantitative estimate of drug-likeness (QED) is 0.831. The minimum absolute atomic E-state index is 0.0569. The molecule has 0 aliphatic heterocycles. The van der Waals surface area contributed by atoms with Gasteiger partial charge in [0, 0.05) is 25.8 Å². The van der Waals surface area contributed by atoms with Gasteiger partial charge in [-0.2, -0.15) is 0 Å². The number of nitrogens with two attached hydrogens (primary N) is 1. The highest BCUT2D eigenvalue weighted by Gasteiger charge is 2.07. The molecular weight excluding hydrogens is 198 g/mol. The summed E-state index contributed by atoms with van der Waals surface area (Å²) < 4.78 is 0. The Kier molecular flexibility index (Phi) is 4.74. The molecule has 1 heterocycles. The highest BCUT2D eigenvalue weighted by atomic mass is 15.2. The van der Waals surface area contributed by atoms with Crippen molar-refractivity contribution >= 4 is 5.82 Å². The maximum absolute atomic E-state index is 5.79. The van der Waals surface area contributed by atoms with Crippen molar-refractivity contribution in [3.63, 3.8) is 0 Å². The van der Waals surface area contributed by atoms with Crippen LogP contribution in [-0.2, 0) is 0 Å². The topological polar surface area (TPSA) is 42.1 Å². The van der Waals surface area contributed by atoms with Gasteiger partial charge < -0.3 is 10.6 Å². The number of aromatic nitrogens is 1. The van der Waals surface area contributed by atoms with Crippen molar-refractivity contribution in [1.82, 2.24) is 4.98 Å². The first-order valence-electron chi connectivity index (χ1n) is 5.97. The van der Waals surface area contributed by atoms with Gasteiger partial charge in [-0.1, -0.05) is 26.3 Å². The van der Waals surface area contributed by atoms with Gasteiger partial charge >= 0.3 is 0 Å². The summed E-state index contributed by atoms with van der Waals surface area (Å²) in [5.41, 5.74) is 6.87. The third kappa shape index (κ3) is 3.49. The zero-order valence-electron chi connectivity index (χ0n) is 10.8. The van der Waals surface area contributed by atoms with Crippen molar-refractivity contribution in [2.24, 2.45) is 11.7 Å². The molecule has 0 amide bonds. The van der Waals surface area contributed by atoms with Crippen LogP contribution in [-0.4, -0.2) is 18.6 Å². The van der Waals surface area contributed by atoms with E-state index in [1.807, 2.05) is 19.2 Å². The van der Waals surface area contributed by atoms with Gasteiger partial charge in [-0.05, 0) is 24.5 Å². The highest BCUT2D eigenvalue weighted by molar-refractivity contribution is 5.38. The first kappa shape index (κ1) is 13.0. The predicted molar refractivity (Wildman–Crippen MR) is 69.6 cm³/mol. The molecule has 0 aliphatic rings. The molecule has 0 radical (unpaired) electrons. The summed E-state index contributed by atoms with van der Waals surface area (Å²) in [7, 11) is 2.08. The average molecular weight is 221 g/mol. The molecule has 3 heteroatoms. The summed E-state index contributed by atoms with van der Waals surface area (Å²) in [6.07, 6.45) is 3.06. The third-order valence-electron chi connectivity index (χ3n) is 2.97. The fourth-order valence-corrected chi connectivity index (χ4v) is 1.58. The van der Waals surface area contributed by atoms with E-state index in [0.29, 0.717) is 5.92 Å². The predicted octanol–water partition coefficient (Wildman–Crippen LogP) is 2.58. The van der Waals surface area contributed by atoms with E-state index >= 15 is 0 Å². The molecule has 0 aromatic carbocycles. The van der Waals surface area contributed by atoms with Crippen LogP contribution < -0.4 is 10.6 Å². The van der Waals surface area contributed by atoms with Crippen molar-refractivity contribution in [1.29, 1.82) is 0 Å². The fraction of sp³-hybridized carbons (Fsp3) is 0.615. The number of hydrogen-bond acceptors (Lipinski definition) is 3. The Labute approximate surface area is 98.7 Å². The SMILES string of the molecule is CCC(C)CN(C)c1ccc(C(C)N)cn1. The zero-order chi connectivity index (χ0) is 12.1. The molecule has 16 heavy (non-hydrogen) atoms. The molecule has 3 nitrogen and oxygen atoms in total. The lowest BCUT2D eigenvalue weighted by molar-refractivity contribution is 0.557. The van der Waals surface area contributed by atoms with E-state index in [0.717, 1.165) is 17.9 Å². The van der Waals surface area contributed by atoms with Crippen LogP contribution in [0.5, 0.6) is 0 Å². The summed E-state index contributed by atoms with van der Waals surface area (Å²) in [6, 6.07) is 4.16. The summed E-state index contributed by atoms with van der Waals surface area (Å²) in [6.45, 7) is 7.48. The summed E-state index contributed by atoms with van der Waals surface area (Å²) in [5, 5.41) is 0. The van der Waals surface area contributed by atoms with Crippen molar-refractivity contribution < 1.29 is 0 Å². The van der Waals surface area contributed by atoms with Crippen molar-refractivity contribution in [2.45, 2.75) is 33.2 Å². The van der Waals surface area contributed by atoms with E-state index < -0.39 is 0 Å². The van der Waals surface area contributed by atoms with E-state index in [-0.39, 0.29) is 6.04 Å². The minimum atomic E-state index is 0.0569. The molecule has 2 N–H and O–H groups in total. The Hall–Kier alpha value is -1.09. The smallest absolute Gasteiger partial charge is 0.128 e. The lowest BCUT2D eigenvalue weighted by atomic mass is 10.1. The summed E-state index contributed by atoms with van der Waals surface area (Å²) >= 11 is 0. The number of hydrogen-bond donors (Lipinski definition) is 1. The van der Waals surface area contributed by atoms with Gasteiger partial charge in [0.25, 0.3) is 0 Å². The molecule has 1 rings (SSSR count). The molecule has 1 aromatic heterocycles. The number of anilines is 1. The van der Waals surface area contributed by atoms with E-state index in [1.54, 1.807) is 0 Å². The number of rotatable bonds is 5. The third-order valence-corrected chi connectivity index (χ3v) is 2.97. The van der Waals surface area contributed by atoms with Gasteiger partial charge in [-0.3, -0.25) is 0 Å². The van der Waals surface area contributed by atoms with E-state index in [4.69, 9.17) is 5.73 Å². The second-order valence-electron chi connectivity index (χ2n) is 4.63. The van der Waals surface area contributed by atoms with Gasteiger partial charge in [0.2, 0.25) is 0 Å². The molecular formula is C13H23N3. The van der Waals surface area contributed by atoms with Gasteiger partial charge in [-0.15, -0.1) is 0 Å². The van der Waals surface area contributed by atoms with Crippen LogP contribution in [0.25, 0.3) is 0 Å². The largest absolute Gasteiger partial charge is 0.359 e. The van der Waals surface area contributed by atoms with Crippen LogP contribution in [0, 0.1) is 5.92 Å². The maximum atomic E-state index is 5.79. The van der Waals surface area contributed by atoms with Gasteiger partial charge in [-0.25, -0.2) is 4.98 Å². The lowest BCUT2D eigenvalue weighted by Gasteiger charge is -2.22. The molecule has 0 saturated heterocycles. The zero-order valence-corrected chi connectivity index (χ0v) is 10.8. The molecule has 0 saturated carbocycles. The summed E-state index contributed by atoms with van der Waals surface area (Å²) in [4.78, 5) is 6.63. The Balaban J connectivity index is 2.66. The summed E-state index contributed by atoms with van der Waals surface area (Å²) in [5.74, 6) is 1.71. The van der Waals surface area contributed by atoms with E-state index in [9.17, 15) is 0 Å². The Bertz CT molecular complexity index is 305. The molecule has 2 atom stereocenters. The lowest BCUT2D eigenvalue weighted by Crippen LogP contribution is -2.24. The van der Waals surface area contributed by atoms with Gasteiger partial charge in [0.1, 0.15) is 5.82 Å². The molecule has 90 valence electrons. The van der Waals surface area contributed by atoms with Crippen LogP contribution in [0.4, 0.5) is 5.82 Å². The standard InChI is InChI=1S/C13H23N3/c1-5-10(2)9-16(4)13-7-6-12(8-15-13)11(3)14/h6-8,10-11H,5,9,14H2,1-4H3. The molecule has 2 unspecified atom stereocenters. The van der Waals surface area contributed by atoms with Crippen LogP contribution in [0.15, 0.2) is 18.3 Å². The van der Waals surface area contributed by atoms with Crippen molar-refractivity contribution in [3.05, 3.63) is 23.9 Å². The molecule has 0 spiro atoms. The van der Waals surface area contributed by atoms with Gasteiger partial charge in [0.05, 0.1) is 0 Å². The number of nitrogens with zero attached hydrogens (tertiary/aromatic N) is 2. The Morgan fingerprint density at radius 1 is 1.38 bits per heavy atom. The van der Waals surface area contributed by atoms with Crippen molar-refractivity contribution in [3.8, 4) is 0 Å². The first-order valence-corrected chi connectivity index (χ1v) is 5.97. The van der Waals surface area contributed by atoms with E-state index in [2.05, 4.69) is 36.8 Å². The van der Waals surface area contributed by atoms with Gasteiger partial charge in [0.15, 0.2) is 0 Å². The average Bonchev–Trinajstić information content (AvgIpc) is 2.28. The maximum Gasteiger partial charge on any atom is 0.128 e. The first-order chi connectivity index (χ1) is 7.54. The van der Waals surface area contributed by atoms with Crippen LogP contribution >= 0.6 is 0 Å². The second kappa shape index (κ2) is 5.85. The van der Waals surface area contributed by atoms with E-state index in [1.165, 1.54) is 6.42 Å². The molecule has 1 aromatic rings. The fourth-order valence-electron chi connectivity index (χ4n) is 1.58. The molecule has 0 bridgehead atoms. The minimum Gasteiger partial charge on any atom is -0.359 e. The molecule has 0 fully saturated rings. The number of pyridine rings is 1. The monoisotopic (exact) mass is 221 g/mol. The normalized spacial score (nSPS) is 14.6. The van der Waals surface area contributed by atoms with Crippen LogP contribution in [0.3, 0.4) is 0 Å². The van der Waals surface area contributed by atoms with Crippen LogP contribution in [0.2, 0.25) is 0 Å². The second-order valence-corrected chi connectivity index (χ2v) is 4.63. The van der Waals surface area contributed by atoms with Crippen molar-refractivity contribution in [2.75, 3.05) is 18.5 Å². The van der Waals surface area contributed by atoms with Crippen LogP contribution in [0.1, 0.15) is 38.8 Å².